The lowest BCUT2D eigenvalue weighted by atomic mass is 10.1. The molecule has 1 N–H and O–H groups in total. The van der Waals surface area contributed by atoms with Crippen molar-refractivity contribution < 1.29 is 0 Å². The first-order valence-electron chi connectivity index (χ1n) is 7.70. The SMILES string of the molecule is Cc1cc(=O)[nH]c(SC(C)c2ncnn2Cc2ccccc2C)n1. The summed E-state index contributed by atoms with van der Waals surface area (Å²) in [5.41, 5.74) is 3.00. The molecule has 0 aliphatic rings. The van der Waals surface area contributed by atoms with Gasteiger partial charge in [-0.1, -0.05) is 36.0 Å². The van der Waals surface area contributed by atoms with E-state index in [1.54, 1.807) is 6.33 Å². The molecule has 2 aromatic heterocycles. The Balaban J connectivity index is 1.81. The van der Waals surface area contributed by atoms with Crippen molar-refractivity contribution in [3.05, 3.63) is 69.7 Å². The Hall–Kier alpha value is -2.41. The quantitative estimate of drug-likeness (QED) is 0.570. The molecule has 6 nitrogen and oxygen atoms in total. The number of nitrogens with zero attached hydrogens (tertiary/aromatic N) is 4. The summed E-state index contributed by atoms with van der Waals surface area (Å²) in [5.74, 6) is 0.854. The van der Waals surface area contributed by atoms with Gasteiger partial charge in [-0.3, -0.25) is 4.79 Å². The van der Waals surface area contributed by atoms with Crippen LogP contribution in [0.2, 0.25) is 0 Å². The van der Waals surface area contributed by atoms with Crippen molar-refractivity contribution in [3.63, 3.8) is 0 Å². The molecule has 1 aromatic carbocycles. The normalized spacial score (nSPS) is 12.3. The van der Waals surface area contributed by atoms with Gasteiger partial charge in [0.05, 0.1) is 11.8 Å². The molecule has 0 saturated heterocycles. The summed E-state index contributed by atoms with van der Waals surface area (Å²) in [5, 5.41) is 4.96. The van der Waals surface area contributed by atoms with Crippen LogP contribution >= 0.6 is 11.8 Å². The van der Waals surface area contributed by atoms with Gasteiger partial charge in [0, 0.05) is 11.8 Å². The van der Waals surface area contributed by atoms with Gasteiger partial charge in [-0.15, -0.1) is 0 Å². The summed E-state index contributed by atoms with van der Waals surface area (Å²) >= 11 is 1.47. The van der Waals surface area contributed by atoms with Crippen LogP contribution in [-0.2, 0) is 6.54 Å². The van der Waals surface area contributed by atoms with E-state index in [1.165, 1.54) is 29.0 Å². The molecule has 7 heteroatoms. The van der Waals surface area contributed by atoms with Gasteiger partial charge >= 0.3 is 0 Å². The minimum atomic E-state index is -0.140. The molecule has 24 heavy (non-hydrogen) atoms. The molecule has 1 atom stereocenters. The van der Waals surface area contributed by atoms with E-state index in [0.29, 0.717) is 17.4 Å². The van der Waals surface area contributed by atoms with E-state index in [1.807, 2.05) is 30.7 Å². The largest absolute Gasteiger partial charge is 0.301 e. The van der Waals surface area contributed by atoms with Crippen molar-refractivity contribution >= 4 is 11.8 Å². The molecule has 0 spiro atoms. The Labute approximate surface area is 144 Å². The van der Waals surface area contributed by atoms with E-state index in [4.69, 9.17) is 0 Å². The minimum absolute atomic E-state index is 0.0152. The highest BCUT2D eigenvalue weighted by molar-refractivity contribution is 7.99. The van der Waals surface area contributed by atoms with Crippen LogP contribution in [0.3, 0.4) is 0 Å². The lowest BCUT2D eigenvalue weighted by Gasteiger charge is -2.13. The van der Waals surface area contributed by atoms with Gasteiger partial charge in [0.25, 0.3) is 5.56 Å². The van der Waals surface area contributed by atoms with Crippen LogP contribution in [0.5, 0.6) is 0 Å². The molecule has 0 aliphatic heterocycles. The molecule has 0 amide bonds. The summed E-state index contributed by atoms with van der Waals surface area (Å²) in [7, 11) is 0. The number of rotatable bonds is 5. The highest BCUT2D eigenvalue weighted by Gasteiger charge is 2.16. The van der Waals surface area contributed by atoms with Crippen LogP contribution in [0, 0.1) is 13.8 Å². The Morgan fingerprint density at radius 2 is 2.08 bits per heavy atom. The number of hydrogen-bond donors (Lipinski definition) is 1. The molecule has 0 aliphatic carbocycles. The van der Waals surface area contributed by atoms with Crippen LogP contribution in [0.15, 0.2) is 46.6 Å². The number of nitrogens with one attached hydrogen (secondary N) is 1. The summed E-state index contributed by atoms with van der Waals surface area (Å²) in [6.45, 7) is 6.60. The molecule has 3 rings (SSSR count). The van der Waals surface area contributed by atoms with Crippen molar-refractivity contribution in [2.75, 3.05) is 0 Å². The van der Waals surface area contributed by atoms with Gasteiger partial charge in [-0.05, 0) is 31.9 Å². The van der Waals surface area contributed by atoms with Crippen molar-refractivity contribution in [1.29, 1.82) is 0 Å². The standard InChI is InChI=1S/C17H19N5OS/c1-11-6-4-5-7-14(11)9-22-16(18-10-19-22)13(3)24-17-20-12(2)8-15(23)21-17/h4-8,10,13H,9H2,1-3H3,(H,20,21,23). The summed E-state index contributed by atoms with van der Waals surface area (Å²) < 4.78 is 1.90. The Morgan fingerprint density at radius 3 is 2.83 bits per heavy atom. The molecule has 124 valence electrons. The van der Waals surface area contributed by atoms with Crippen LogP contribution < -0.4 is 5.56 Å². The first-order valence-corrected chi connectivity index (χ1v) is 8.57. The number of benzene rings is 1. The molecule has 0 bridgehead atoms. The Kier molecular flexibility index (Phi) is 4.80. The van der Waals surface area contributed by atoms with Crippen molar-refractivity contribution in [2.45, 2.75) is 37.7 Å². The highest BCUT2D eigenvalue weighted by Crippen LogP contribution is 2.31. The third-order valence-corrected chi connectivity index (χ3v) is 4.71. The summed E-state index contributed by atoms with van der Waals surface area (Å²) in [6.07, 6.45) is 1.57. The molecule has 2 heterocycles. The topological polar surface area (TPSA) is 76.5 Å². The van der Waals surface area contributed by atoms with Crippen LogP contribution in [0.1, 0.15) is 34.8 Å². The zero-order valence-corrected chi connectivity index (χ0v) is 14.7. The second-order valence-electron chi connectivity index (χ2n) is 5.65. The monoisotopic (exact) mass is 341 g/mol. The van der Waals surface area contributed by atoms with E-state index < -0.39 is 0 Å². The highest BCUT2D eigenvalue weighted by atomic mass is 32.2. The second kappa shape index (κ2) is 7.00. The van der Waals surface area contributed by atoms with Gasteiger partial charge in [0.2, 0.25) is 0 Å². The average molecular weight is 341 g/mol. The fourth-order valence-corrected chi connectivity index (χ4v) is 3.47. The Morgan fingerprint density at radius 1 is 1.29 bits per heavy atom. The van der Waals surface area contributed by atoms with Gasteiger partial charge < -0.3 is 4.98 Å². The van der Waals surface area contributed by atoms with Crippen LogP contribution in [0.25, 0.3) is 0 Å². The molecule has 3 aromatic rings. The second-order valence-corrected chi connectivity index (χ2v) is 6.98. The molecular weight excluding hydrogens is 322 g/mol. The van der Waals surface area contributed by atoms with Gasteiger partial charge in [0.1, 0.15) is 12.2 Å². The minimum Gasteiger partial charge on any atom is -0.301 e. The summed E-state index contributed by atoms with van der Waals surface area (Å²) in [4.78, 5) is 23.1. The number of aromatic nitrogens is 5. The number of H-pyrrole nitrogens is 1. The van der Waals surface area contributed by atoms with E-state index in [2.05, 4.69) is 39.1 Å². The predicted molar refractivity (Wildman–Crippen MR) is 94.2 cm³/mol. The number of aryl methyl sites for hydroxylation is 2. The van der Waals surface area contributed by atoms with Crippen molar-refractivity contribution in [3.8, 4) is 0 Å². The van der Waals surface area contributed by atoms with Crippen molar-refractivity contribution in [1.82, 2.24) is 24.7 Å². The Bertz CT molecular complexity index is 902. The van der Waals surface area contributed by atoms with Gasteiger partial charge in [-0.2, -0.15) is 5.10 Å². The van der Waals surface area contributed by atoms with Crippen LogP contribution in [0.4, 0.5) is 0 Å². The molecule has 1 unspecified atom stereocenters. The maximum atomic E-state index is 11.6. The predicted octanol–water partition coefficient (Wildman–Crippen LogP) is 2.88. The van der Waals surface area contributed by atoms with E-state index in [9.17, 15) is 4.79 Å². The lowest BCUT2D eigenvalue weighted by molar-refractivity contribution is 0.637. The van der Waals surface area contributed by atoms with Gasteiger partial charge in [-0.25, -0.2) is 14.6 Å². The maximum Gasteiger partial charge on any atom is 0.251 e. The smallest absolute Gasteiger partial charge is 0.251 e. The molecular formula is C17H19N5OS. The first-order chi connectivity index (χ1) is 11.5. The number of aromatic amines is 1. The van der Waals surface area contributed by atoms with Gasteiger partial charge in [0.15, 0.2) is 5.16 Å². The fraction of sp³-hybridized carbons (Fsp3) is 0.294. The third-order valence-electron chi connectivity index (χ3n) is 3.73. The fourth-order valence-electron chi connectivity index (χ4n) is 2.49. The van der Waals surface area contributed by atoms with E-state index in [0.717, 1.165) is 5.82 Å². The van der Waals surface area contributed by atoms with Crippen molar-refractivity contribution in [2.24, 2.45) is 0 Å². The third kappa shape index (κ3) is 3.73. The first kappa shape index (κ1) is 16.4. The van der Waals surface area contributed by atoms with Crippen LogP contribution in [-0.4, -0.2) is 24.7 Å². The molecule has 0 radical (unpaired) electrons. The zero-order valence-electron chi connectivity index (χ0n) is 13.9. The maximum absolute atomic E-state index is 11.6. The zero-order chi connectivity index (χ0) is 17.1. The average Bonchev–Trinajstić information content (AvgIpc) is 2.97. The number of thioether (sulfide) groups is 1. The number of hydrogen-bond acceptors (Lipinski definition) is 5. The van der Waals surface area contributed by atoms with E-state index >= 15 is 0 Å². The summed E-state index contributed by atoms with van der Waals surface area (Å²) in [6, 6.07) is 9.72. The molecule has 0 fully saturated rings. The molecule has 0 saturated carbocycles. The van der Waals surface area contributed by atoms with E-state index in [-0.39, 0.29) is 10.8 Å². The lowest BCUT2D eigenvalue weighted by Crippen LogP contribution is -2.11.